The van der Waals surface area contributed by atoms with Crippen LogP contribution in [0.15, 0.2) is 63.1 Å². The first-order valence-electron chi connectivity index (χ1n) is 8.87. The van der Waals surface area contributed by atoms with Gasteiger partial charge in [0.1, 0.15) is 5.75 Å². The Hall–Kier alpha value is -2.86. The van der Waals surface area contributed by atoms with E-state index in [9.17, 15) is 0 Å². The molecule has 5 nitrogen and oxygen atoms in total. The van der Waals surface area contributed by atoms with E-state index in [0.717, 1.165) is 53.4 Å². The Labute approximate surface area is 163 Å². The molecule has 0 aliphatic heterocycles. The fraction of sp³-hybridized carbons (Fsp3) is 0.238. The first-order chi connectivity index (χ1) is 13.2. The molecule has 0 saturated heterocycles. The maximum Gasteiger partial charge on any atom is 0.230 e. The quantitative estimate of drug-likeness (QED) is 0.240. The fourth-order valence-corrected chi connectivity index (χ4v) is 3.09. The SMILES string of the molecule is C=Nc1ccc(/N=N/c2nc(-c3ccc(OCCCC)cc3)cs2)c(C)c1. The van der Waals surface area contributed by atoms with Crippen molar-refractivity contribution in [1.29, 1.82) is 0 Å². The lowest BCUT2D eigenvalue weighted by Gasteiger charge is -2.05. The Morgan fingerprint density at radius 2 is 1.93 bits per heavy atom. The minimum atomic E-state index is 0.624. The second kappa shape index (κ2) is 9.19. The molecule has 27 heavy (non-hydrogen) atoms. The molecule has 0 amide bonds. The van der Waals surface area contributed by atoms with Gasteiger partial charge in [0.25, 0.3) is 0 Å². The molecule has 0 radical (unpaired) electrons. The van der Waals surface area contributed by atoms with Crippen molar-refractivity contribution in [2.24, 2.45) is 15.2 Å². The van der Waals surface area contributed by atoms with E-state index < -0.39 is 0 Å². The zero-order valence-electron chi connectivity index (χ0n) is 15.6. The van der Waals surface area contributed by atoms with Gasteiger partial charge in [-0.25, -0.2) is 4.98 Å². The Balaban J connectivity index is 1.68. The number of aliphatic imine (C=N–C) groups is 1. The van der Waals surface area contributed by atoms with Gasteiger partial charge in [0.2, 0.25) is 5.13 Å². The van der Waals surface area contributed by atoms with Crippen molar-refractivity contribution < 1.29 is 4.74 Å². The lowest BCUT2D eigenvalue weighted by atomic mass is 10.2. The Bertz CT molecular complexity index is 932. The van der Waals surface area contributed by atoms with Crippen molar-refractivity contribution in [3.8, 4) is 17.0 Å². The van der Waals surface area contributed by atoms with E-state index in [0.29, 0.717) is 5.13 Å². The van der Waals surface area contributed by atoms with Crippen molar-refractivity contribution in [3.05, 3.63) is 53.4 Å². The summed E-state index contributed by atoms with van der Waals surface area (Å²) in [7, 11) is 0. The van der Waals surface area contributed by atoms with Crippen LogP contribution in [0.25, 0.3) is 11.3 Å². The predicted molar refractivity (Wildman–Crippen MR) is 113 cm³/mol. The number of nitrogens with zero attached hydrogens (tertiary/aromatic N) is 4. The standard InChI is InChI=1S/C21H22N4OS/c1-4-5-12-26-18-9-6-16(7-10-18)20-14-27-21(23-20)25-24-19-11-8-17(22-3)13-15(19)2/h6-11,13-14H,3-5,12H2,1-2H3/b25-24+. The van der Waals surface area contributed by atoms with E-state index in [2.05, 4.69) is 33.8 Å². The van der Waals surface area contributed by atoms with Crippen LogP contribution in [-0.4, -0.2) is 18.3 Å². The third-order valence-electron chi connectivity index (χ3n) is 4.01. The molecule has 0 aliphatic carbocycles. The van der Waals surface area contributed by atoms with Gasteiger partial charge in [-0.3, -0.25) is 4.99 Å². The Morgan fingerprint density at radius 3 is 2.63 bits per heavy atom. The van der Waals surface area contributed by atoms with E-state index in [4.69, 9.17) is 4.74 Å². The molecule has 0 aliphatic rings. The highest BCUT2D eigenvalue weighted by Gasteiger charge is 2.05. The minimum absolute atomic E-state index is 0.624. The molecule has 6 heteroatoms. The van der Waals surface area contributed by atoms with E-state index in [1.165, 1.54) is 11.3 Å². The highest BCUT2D eigenvalue weighted by molar-refractivity contribution is 7.13. The van der Waals surface area contributed by atoms with Gasteiger partial charge in [0, 0.05) is 10.9 Å². The zero-order chi connectivity index (χ0) is 19.1. The normalized spacial score (nSPS) is 11.0. The first-order valence-corrected chi connectivity index (χ1v) is 9.75. The molecule has 3 rings (SSSR count). The molecule has 0 fully saturated rings. The molecule has 0 spiro atoms. The summed E-state index contributed by atoms with van der Waals surface area (Å²) < 4.78 is 5.70. The largest absolute Gasteiger partial charge is 0.494 e. The first kappa shape index (κ1) is 18.9. The molecule has 0 N–H and O–H groups in total. The minimum Gasteiger partial charge on any atom is -0.494 e. The number of unbranched alkanes of at least 4 members (excludes halogenated alkanes) is 1. The lowest BCUT2D eigenvalue weighted by molar-refractivity contribution is 0.309. The fourth-order valence-electron chi connectivity index (χ4n) is 2.45. The van der Waals surface area contributed by atoms with Crippen molar-refractivity contribution in [1.82, 2.24) is 4.98 Å². The molecule has 3 aromatic rings. The Kier molecular flexibility index (Phi) is 6.44. The second-order valence-corrected chi connectivity index (χ2v) is 6.91. The van der Waals surface area contributed by atoms with Crippen molar-refractivity contribution in [2.75, 3.05) is 6.61 Å². The average molecular weight is 379 g/mol. The predicted octanol–water partition coefficient (Wildman–Crippen LogP) is 7.04. The summed E-state index contributed by atoms with van der Waals surface area (Å²) in [6, 6.07) is 13.7. The highest BCUT2D eigenvalue weighted by Crippen LogP contribution is 2.30. The van der Waals surface area contributed by atoms with Crippen LogP contribution in [-0.2, 0) is 0 Å². The number of azo groups is 1. The number of aromatic nitrogens is 1. The monoisotopic (exact) mass is 378 g/mol. The number of thiazole rings is 1. The third-order valence-corrected chi connectivity index (χ3v) is 4.74. The van der Waals surface area contributed by atoms with Crippen LogP contribution < -0.4 is 4.74 Å². The maximum atomic E-state index is 5.70. The molecular formula is C21H22N4OS. The van der Waals surface area contributed by atoms with Crippen LogP contribution in [0.2, 0.25) is 0 Å². The second-order valence-electron chi connectivity index (χ2n) is 6.07. The summed E-state index contributed by atoms with van der Waals surface area (Å²) in [4.78, 5) is 8.47. The summed E-state index contributed by atoms with van der Waals surface area (Å²) in [5, 5.41) is 11.2. The van der Waals surface area contributed by atoms with Gasteiger partial charge in [-0.1, -0.05) is 13.3 Å². The van der Waals surface area contributed by atoms with Gasteiger partial charge in [-0.05, 0) is 68.1 Å². The summed E-state index contributed by atoms with van der Waals surface area (Å²) in [6.45, 7) is 8.40. The maximum absolute atomic E-state index is 5.70. The number of benzene rings is 2. The van der Waals surface area contributed by atoms with Gasteiger partial charge in [-0.15, -0.1) is 21.6 Å². The van der Waals surface area contributed by atoms with Crippen LogP contribution in [0, 0.1) is 6.92 Å². The van der Waals surface area contributed by atoms with Gasteiger partial charge < -0.3 is 4.74 Å². The van der Waals surface area contributed by atoms with Crippen LogP contribution >= 0.6 is 11.3 Å². The topological polar surface area (TPSA) is 59.2 Å². The highest BCUT2D eigenvalue weighted by atomic mass is 32.1. The summed E-state index contributed by atoms with van der Waals surface area (Å²) in [5.74, 6) is 0.885. The number of hydrogen-bond donors (Lipinski definition) is 0. The molecule has 0 bridgehead atoms. The number of rotatable bonds is 8. The van der Waals surface area contributed by atoms with E-state index in [1.54, 1.807) is 0 Å². The van der Waals surface area contributed by atoms with Gasteiger partial charge >= 0.3 is 0 Å². The smallest absolute Gasteiger partial charge is 0.230 e. The zero-order valence-corrected chi connectivity index (χ0v) is 16.4. The molecular weight excluding hydrogens is 356 g/mol. The van der Waals surface area contributed by atoms with Crippen molar-refractivity contribution in [2.45, 2.75) is 26.7 Å². The van der Waals surface area contributed by atoms with Gasteiger partial charge in [0.05, 0.1) is 23.7 Å². The summed E-state index contributed by atoms with van der Waals surface area (Å²) in [5.41, 5.74) is 4.54. The molecule has 0 saturated carbocycles. The van der Waals surface area contributed by atoms with Crippen LogP contribution in [0.3, 0.4) is 0 Å². The Morgan fingerprint density at radius 1 is 1.11 bits per heavy atom. The third kappa shape index (κ3) is 5.08. The number of ether oxygens (including phenoxy) is 1. The van der Waals surface area contributed by atoms with Crippen molar-refractivity contribution in [3.63, 3.8) is 0 Å². The molecule has 1 aromatic heterocycles. The van der Waals surface area contributed by atoms with E-state index in [-0.39, 0.29) is 0 Å². The van der Waals surface area contributed by atoms with Crippen molar-refractivity contribution >= 4 is 34.6 Å². The number of hydrogen-bond acceptors (Lipinski definition) is 6. The van der Waals surface area contributed by atoms with Crippen LogP contribution in [0.4, 0.5) is 16.5 Å². The molecule has 1 heterocycles. The van der Waals surface area contributed by atoms with Crippen LogP contribution in [0.1, 0.15) is 25.3 Å². The average Bonchev–Trinajstić information content (AvgIpc) is 3.17. The molecule has 0 unspecified atom stereocenters. The number of aryl methyl sites for hydroxylation is 1. The van der Waals surface area contributed by atoms with Crippen LogP contribution in [0.5, 0.6) is 5.75 Å². The molecule has 138 valence electrons. The van der Waals surface area contributed by atoms with E-state index in [1.807, 2.05) is 54.8 Å². The summed E-state index contributed by atoms with van der Waals surface area (Å²) in [6.07, 6.45) is 2.19. The van der Waals surface area contributed by atoms with Gasteiger partial charge in [-0.2, -0.15) is 0 Å². The van der Waals surface area contributed by atoms with Gasteiger partial charge in [0.15, 0.2) is 0 Å². The van der Waals surface area contributed by atoms with E-state index >= 15 is 0 Å². The summed E-state index contributed by atoms with van der Waals surface area (Å²) >= 11 is 1.47. The lowest BCUT2D eigenvalue weighted by Crippen LogP contribution is -1.95. The molecule has 2 aromatic carbocycles. The molecule has 0 atom stereocenters.